The van der Waals surface area contributed by atoms with Gasteiger partial charge in [-0.25, -0.2) is 4.98 Å². The predicted molar refractivity (Wildman–Crippen MR) is 58.4 cm³/mol. The van der Waals surface area contributed by atoms with Crippen molar-refractivity contribution in [3.63, 3.8) is 0 Å². The molecule has 0 bridgehead atoms. The van der Waals surface area contributed by atoms with E-state index < -0.39 is 0 Å². The average molecular weight is 205 g/mol. The van der Waals surface area contributed by atoms with Gasteiger partial charge in [0.2, 0.25) is 0 Å². The van der Waals surface area contributed by atoms with Gasteiger partial charge in [0, 0.05) is 19.2 Å². The van der Waals surface area contributed by atoms with Crippen molar-refractivity contribution in [2.24, 2.45) is 12.8 Å². The molecule has 0 saturated heterocycles. The summed E-state index contributed by atoms with van der Waals surface area (Å²) >= 11 is 0. The fourth-order valence-corrected chi connectivity index (χ4v) is 1.64. The summed E-state index contributed by atoms with van der Waals surface area (Å²) in [5, 5.41) is 0. The predicted octanol–water partition coefficient (Wildman–Crippen LogP) is 1.49. The highest BCUT2D eigenvalue weighted by Crippen LogP contribution is 2.23. The van der Waals surface area contributed by atoms with E-state index in [9.17, 15) is 0 Å². The monoisotopic (exact) mass is 205 g/mol. The molecule has 0 fully saturated rings. The van der Waals surface area contributed by atoms with Crippen LogP contribution in [0.1, 0.15) is 11.5 Å². The van der Waals surface area contributed by atoms with Crippen molar-refractivity contribution in [2.75, 3.05) is 6.54 Å². The first-order valence-electron chi connectivity index (χ1n) is 5.00. The molecule has 0 saturated carbocycles. The minimum absolute atomic E-state index is 0.613. The maximum atomic E-state index is 5.53. The van der Waals surface area contributed by atoms with Crippen molar-refractivity contribution in [3.8, 4) is 11.5 Å². The Balaban J connectivity index is 2.45. The third-order valence-electron chi connectivity index (χ3n) is 2.60. The number of hydrogen-bond acceptors (Lipinski definition) is 3. The van der Waals surface area contributed by atoms with Crippen molar-refractivity contribution in [2.45, 2.75) is 13.3 Å². The van der Waals surface area contributed by atoms with E-state index in [1.807, 2.05) is 26.1 Å². The maximum Gasteiger partial charge on any atom is 0.154 e. The fourth-order valence-electron chi connectivity index (χ4n) is 1.64. The van der Waals surface area contributed by atoms with Crippen molar-refractivity contribution in [1.29, 1.82) is 0 Å². The van der Waals surface area contributed by atoms with Crippen molar-refractivity contribution >= 4 is 0 Å². The number of nitrogens with two attached hydrogens (primary N) is 1. The van der Waals surface area contributed by atoms with Crippen LogP contribution in [-0.4, -0.2) is 16.1 Å². The zero-order valence-corrected chi connectivity index (χ0v) is 9.03. The van der Waals surface area contributed by atoms with Crippen molar-refractivity contribution in [1.82, 2.24) is 9.55 Å². The molecule has 2 aromatic rings. The van der Waals surface area contributed by atoms with Crippen molar-refractivity contribution < 1.29 is 4.42 Å². The van der Waals surface area contributed by atoms with Gasteiger partial charge >= 0.3 is 0 Å². The van der Waals surface area contributed by atoms with Crippen LogP contribution in [0.15, 0.2) is 22.8 Å². The van der Waals surface area contributed by atoms with Gasteiger partial charge in [0.25, 0.3) is 0 Å². The number of nitrogens with zero attached hydrogens (tertiary/aromatic N) is 2. The largest absolute Gasteiger partial charge is 0.463 e. The second-order valence-corrected chi connectivity index (χ2v) is 3.54. The van der Waals surface area contributed by atoms with E-state index in [4.69, 9.17) is 10.2 Å². The standard InChI is InChI=1S/C11H15N3O/c1-8-11(9-4-3-7-15-9)13-10(5-6-12)14(8)2/h3-4,7H,5-6,12H2,1-2H3. The molecular weight excluding hydrogens is 190 g/mol. The average Bonchev–Trinajstić information content (AvgIpc) is 2.82. The number of aromatic nitrogens is 2. The van der Waals surface area contributed by atoms with Crippen LogP contribution in [0.5, 0.6) is 0 Å². The van der Waals surface area contributed by atoms with Crippen LogP contribution in [0, 0.1) is 6.92 Å². The van der Waals surface area contributed by atoms with E-state index in [-0.39, 0.29) is 0 Å². The van der Waals surface area contributed by atoms with E-state index in [0.29, 0.717) is 6.54 Å². The van der Waals surface area contributed by atoms with Gasteiger partial charge in [-0.05, 0) is 25.6 Å². The van der Waals surface area contributed by atoms with E-state index >= 15 is 0 Å². The Labute approximate surface area is 88.7 Å². The molecule has 0 aromatic carbocycles. The first-order chi connectivity index (χ1) is 7.24. The molecule has 2 heterocycles. The molecule has 0 spiro atoms. The molecule has 2 rings (SSSR count). The van der Waals surface area contributed by atoms with Gasteiger partial charge < -0.3 is 14.7 Å². The summed E-state index contributed by atoms with van der Waals surface area (Å²) in [5.41, 5.74) is 7.54. The Morgan fingerprint density at radius 1 is 1.53 bits per heavy atom. The summed E-state index contributed by atoms with van der Waals surface area (Å²) in [4.78, 5) is 4.53. The Morgan fingerprint density at radius 2 is 2.33 bits per heavy atom. The van der Waals surface area contributed by atoms with Gasteiger partial charge in [0.15, 0.2) is 5.76 Å². The molecule has 2 N–H and O–H groups in total. The summed E-state index contributed by atoms with van der Waals surface area (Å²) < 4.78 is 7.40. The minimum Gasteiger partial charge on any atom is -0.463 e. The maximum absolute atomic E-state index is 5.53. The van der Waals surface area contributed by atoms with Gasteiger partial charge in [-0.1, -0.05) is 0 Å². The molecule has 0 amide bonds. The highest BCUT2D eigenvalue weighted by atomic mass is 16.3. The highest BCUT2D eigenvalue weighted by molar-refractivity contribution is 5.55. The van der Waals surface area contributed by atoms with Crippen LogP contribution in [0.2, 0.25) is 0 Å². The number of hydrogen-bond donors (Lipinski definition) is 1. The Bertz CT molecular complexity index is 443. The number of furan rings is 1. The zero-order chi connectivity index (χ0) is 10.8. The second-order valence-electron chi connectivity index (χ2n) is 3.54. The van der Waals surface area contributed by atoms with Crippen LogP contribution in [0.4, 0.5) is 0 Å². The van der Waals surface area contributed by atoms with Gasteiger partial charge in [-0.15, -0.1) is 0 Å². The van der Waals surface area contributed by atoms with Crippen LogP contribution in [0.25, 0.3) is 11.5 Å². The number of imidazole rings is 1. The third kappa shape index (κ3) is 1.68. The molecule has 15 heavy (non-hydrogen) atoms. The zero-order valence-electron chi connectivity index (χ0n) is 9.03. The SMILES string of the molecule is Cc1c(-c2ccco2)nc(CCN)n1C. The molecule has 0 aliphatic heterocycles. The lowest BCUT2D eigenvalue weighted by Gasteiger charge is -2.00. The van der Waals surface area contributed by atoms with Crippen LogP contribution < -0.4 is 5.73 Å². The fraction of sp³-hybridized carbons (Fsp3) is 0.364. The first kappa shape index (κ1) is 9.98. The Morgan fingerprint density at radius 3 is 2.93 bits per heavy atom. The Kier molecular flexibility index (Phi) is 2.60. The first-order valence-corrected chi connectivity index (χ1v) is 5.00. The third-order valence-corrected chi connectivity index (χ3v) is 2.60. The van der Waals surface area contributed by atoms with Gasteiger partial charge in [0.1, 0.15) is 11.5 Å². The molecule has 0 aliphatic rings. The van der Waals surface area contributed by atoms with Gasteiger partial charge in [0.05, 0.1) is 6.26 Å². The lowest BCUT2D eigenvalue weighted by atomic mass is 10.3. The van der Waals surface area contributed by atoms with Crippen LogP contribution in [0.3, 0.4) is 0 Å². The van der Waals surface area contributed by atoms with E-state index in [1.54, 1.807) is 6.26 Å². The molecule has 0 radical (unpaired) electrons. The minimum atomic E-state index is 0.613. The van der Waals surface area contributed by atoms with E-state index in [0.717, 1.165) is 29.4 Å². The summed E-state index contributed by atoms with van der Waals surface area (Å²) in [5.74, 6) is 1.81. The number of rotatable bonds is 3. The lowest BCUT2D eigenvalue weighted by molar-refractivity contribution is 0.579. The quantitative estimate of drug-likeness (QED) is 0.825. The highest BCUT2D eigenvalue weighted by Gasteiger charge is 2.13. The Hall–Kier alpha value is -1.55. The normalized spacial score (nSPS) is 10.9. The van der Waals surface area contributed by atoms with Crippen LogP contribution >= 0.6 is 0 Å². The second kappa shape index (κ2) is 3.90. The van der Waals surface area contributed by atoms with Crippen LogP contribution in [-0.2, 0) is 13.5 Å². The molecule has 0 aliphatic carbocycles. The summed E-state index contributed by atoms with van der Waals surface area (Å²) in [6.07, 6.45) is 2.45. The molecule has 2 aromatic heterocycles. The molecule has 0 unspecified atom stereocenters. The summed E-state index contributed by atoms with van der Waals surface area (Å²) in [7, 11) is 2.00. The van der Waals surface area contributed by atoms with E-state index in [1.165, 1.54) is 0 Å². The summed E-state index contributed by atoms with van der Waals surface area (Å²) in [6.45, 7) is 2.65. The van der Waals surface area contributed by atoms with Crippen molar-refractivity contribution in [3.05, 3.63) is 29.9 Å². The van der Waals surface area contributed by atoms with Gasteiger partial charge in [-0.2, -0.15) is 0 Å². The molecular formula is C11H15N3O. The topological polar surface area (TPSA) is 57.0 Å². The van der Waals surface area contributed by atoms with E-state index in [2.05, 4.69) is 9.55 Å². The molecule has 4 nitrogen and oxygen atoms in total. The van der Waals surface area contributed by atoms with Gasteiger partial charge in [-0.3, -0.25) is 0 Å². The molecule has 80 valence electrons. The molecule has 4 heteroatoms. The summed E-state index contributed by atoms with van der Waals surface area (Å²) in [6, 6.07) is 3.79. The lowest BCUT2D eigenvalue weighted by Crippen LogP contribution is -2.08. The molecule has 0 atom stereocenters. The smallest absolute Gasteiger partial charge is 0.154 e.